The Kier molecular flexibility index (Phi) is 3.68. The largest absolute Gasteiger partial charge is 0.462 e. The first-order valence-electron chi connectivity index (χ1n) is 7.02. The lowest BCUT2D eigenvalue weighted by molar-refractivity contribution is 0.179. The maximum atomic E-state index is 8.96. The Morgan fingerprint density at radius 1 is 1.22 bits per heavy atom. The average Bonchev–Trinajstić information content (AvgIpc) is 3.03. The van der Waals surface area contributed by atoms with Crippen molar-refractivity contribution in [2.24, 2.45) is 0 Å². The van der Waals surface area contributed by atoms with E-state index < -0.39 is 0 Å². The number of piperidine rings is 1. The normalized spacial score (nSPS) is 28.5. The molecule has 0 aliphatic carbocycles. The molecular formula is C14H22N2O2. The molecule has 0 amide bonds. The first-order chi connectivity index (χ1) is 8.86. The van der Waals surface area contributed by atoms with Crippen LogP contribution in [0.3, 0.4) is 0 Å². The van der Waals surface area contributed by atoms with Gasteiger partial charge in [0.2, 0.25) is 0 Å². The molecule has 2 unspecified atom stereocenters. The van der Waals surface area contributed by atoms with Gasteiger partial charge in [0.15, 0.2) is 0 Å². The summed E-state index contributed by atoms with van der Waals surface area (Å²) in [5.74, 6) is 1.57. The summed E-state index contributed by atoms with van der Waals surface area (Å²) in [6.45, 7) is 3.27. The highest BCUT2D eigenvalue weighted by Gasteiger charge is 2.34. The van der Waals surface area contributed by atoms with Crippen molar-refractivity contribution in [3.8, 4) is 0 Å². The monoisotopic (exact) mass is 250 g/mol. The zero-order valence-electron chi connectivity index (χ0n) is 10.8. The van der Waals surface area contributed by atoms with E-state index in [0.717, 1.165) is 18.3 Å². The van der Waals surface area contributed by atoms with Gasteiger partial charge < -0.3 is 14.8 Å². The minimum atomic E-state index is -0.0141. The summed E-state index contributed by atoms with van der Waals surface area (Å²) >= 11 is 0. The van der Waals surface area contributed by atoms with Crippen LogP contribution in [-0.2, 0) is 13.2 Å². The number of rotatable bonds is 4. The van der Waals surface area contributed by atoms with Crippen LogP contribution in [0.5, 0.6) is 0 Å². The van der Waals surface area contributed by atoms with Crippen molar-refractivity contribution in [1.29, 1.82) is 0 Å². The SMILES string of the molecule is OCc1ccc(CNC2CCN3CCCCC23)o1. The number of nitrogens with one attached hydrogen (secondary N) is 1. The van der Waals surface area contributed by atoms with Crippen LogP contribution >= 0.6 is 0 Å². The Hall–Kier alpha value is -0.840. The molecule has 0 bridgehead atoms. The van der Waals surface area contributed by atoms with Crippen LogP contribution in [0.25, 0.3) is 0 Å². The highest BCUT2D eigenvalue weighted by molar-refractivity contribution is 5.06. The molecular weight excluding hydrogens is 228 g/mol. The number of fused-ring (bicyclic) bond motifs is 1. The standard InChI is InChI=1S/C14H22N2O2/c17-10-12-5-4-11(18-12)9-15-13-6-8-16-7-2-1-3-14(13)16/h4-5,13-15,17H,1-3,6-10H2. The third-order valence-electron chi connectivity index (χ3n) is 4.27. The molecule has 0 saturated carbocycles. The molecule has 2 aliphatic heterocycles. The molecule has 1 aromatic rings. The summed E-state index contributed by atoms with van der Waals surface area (Å²) < 4.78 is 5.50. The minimum Gasteiger partial charge on any atom is -0.462 e. The van der Waals surface area contributed by atoms with Crippen LogP contribution in [0.1, 0.15) is 37.2 Å². The molecule has 0 aromatic carbocycles. The number of aliphatic hydroxyl groups excluding tert-OH is 1. The van der Waals surface area contributed by atoms with Gasteiger partial charge in [0.25, 0.3) is 0 Å². The van der Waals surface area contributed by atoms with Crippen LogP contribution in [0.15, 0.2) is 16.5 Å². The van der Waals surface area contributed by atoms with E-state index in [4.69, 9.17) is 9.52 Å². The molecule has 2 saturated heterocycles. The second-order valence-electron chi connectivity index (χ2n) is 5.40. The molecule has 0 radical (unpaired) electrons. The third-order valence-corrected chi connectivity index (χ3v) is 4.27. The molecule has 2 atom stereocenters. The number of nitrogens with zero attached hydrogens (tertiary/aromatic N) is 1. The maximum absolute atomic E-state index is 8.96. The molecule has 100 valence electrons. The van der Waals surface area contributed by atoms with Crippen LogP contribution in [0.4, 0.5) is 0 Å². The molecule has 0 spiro atoms. The number of aliphatic hydroxyl groups is 1. The van der Waals surface area contributed by atoms with Gasteiger partial charge in [-0.05, 0) is 37.9 Å². The fourth-order valence-corrected chi connectivity index (χ4v) is 3.32. The molecule has 4 heteroatoms. The van der Waals surface area contributed by atoms with Gasteiger partial charge in [-0.25, -0.2) is 0 Å². The van der Waals surface area contributed by atoms with Crippen molar-refractivity contribution in [3.63, 3.8) is 0 Å². The van der Waals surface area contributed by atoms with Crippen molar-refractivity contribution in [1.82, 2.24) is 10.2 Å². The lowest BCUT2D eigenvalue weighted by Crippen LogP contribution is -2.44. The topological polar surface area (TPSA) is 48.6 Å². The number of furan rings is 1. The molecule has 2 aliphatic rings. The Morgan fingerprint density at radius 2 is 2.11 bits per heavy atom. The smallest absolute Gasteiger partial charge is 0.129 e. The highest BCUT2D eigenvalue weighted by atomic mass is 16.4. The van der Waals surface area contributed by atoms with Crippen LogP contribution in [-0.4, -0.2) is 35.2 Å². The third kappa shape index (κ3) is 2.46. The predicted octanol–water partition coefficient (Wildman–Crippen LogP) is 1.49. The van der Waals surface area contributed by atoms with Gasteiger partial charge in [-0.15, -0.1) is 0 Å². The van der Waals surface area contributed by atoms with Gasteiger partial charge in [-0.3, -0.25) is 4.90 Å². The second kappa shape index (κ2) is 5.43. The van der Waals surface area contributed by atoms with Crippen molar-refractivity contribution in [3.05, 3.63) is 23.7 Å². The van der Waals surface area contributed by atoms with Gasteiger partial charge in [-0.2, -0.15) is 0 Å². The first kappa shape index (κ1) is 12.2. The Bertz CT molecular complexity index is 391. The fraction of sp³-hybridized carbons (Fsp3) is 0.714. The van der Waals surface area contributed by atoms with E-state index >= 15 is 0 Å². The first-order valence-corrected chi connectivity index (χ1v) is 7.02. The molecule has 18 heavy (non-hydrogen) atoms. The summed E-state index contributed by atoms with van der Waals surface area (Å²) in [6.07, 6.45) is 5.31. The zero-order valence-corrected chi connectivity index (χ0v) is 10.8. The molecule has 2 fully saturated rings. The summed E-state index contributed by atoms with van der Waals surface area (Å²) in [5.41, 5.74) is 0. The van der Waals surface area contributed by atoms with E-state index in [0.29, 0.717) is 11.8 Å². The molecule has 2 N–H and O–H groups in total. The van der Waals surface area contributed by atoms with Crippen LogP contribution < -0.4 is 5.32 Å². The Balaban J connectivity index is 1.53. The Labute approximate surface area is 108 Å². The molecule has 3 heterocycles. The minimum absolute atomic E-state index is 0.0141. The van der Waals surface area contributed by atoms with E-state index in [1.54, 1.807) is 0 Å². The van der Waals surface area contributed by atoms with Gasteiger partial charge in [0.05, 0.1) is 6.54 Å². The van der Waals surface area contributed by atoms with Gasteiger partial charge in [-0.1, -0.05) is 6.42 Å². The Morgan fingerprint density at radius 3 is 2.94 bits per heavy atom. The van der Waals surface area contributed by atoms with Crippen LogP contribution in [0.2, 0.25) is 0 Å². The zero-order chi connectivity index (χ0) is 12.4. The number of hydrogen-bond donors (Lipinski definition) is 2. The summed E-state index contributed by atoms with van der Waals surface area (Å²) in [7, 11) is 0. The summed E-state index contributed by atoms with van der Waals surface area (Å²) in [6, 6.07) is 5.13. The molecule has 1 aromatic heterocycles. The summed E-state index contributed by atoms with van der Waals surface area (Å²) in [4.78, 5) is 2.63. The fourth-order valence-electron chi connectivity index (χ4n) is 3.32. The van der Waals surface area contributed by atoms with Crippen molar-refractivity contribution >= 4 is 0 Å². The predicted molar refractivity (Wildman–Crippen MR) is 69.1 cm³/mol. The highest BCUT2D eigenvalue weighted by Crippen LogP contribution is 2.27. The van der Waals surface area contributed by atoms with E-state index in [2.05, 4.69) is 10.2 Å². The van der Waals surface area contributed by atoms with Gasteiger partial charge >= 0.3 is 0 Å². The lowest BCUT2D eigenvalue weighted by Gasteiger charge is -2.32. The van der Waals surface area contributed by atoms with Crippen molar-refractivity contribution in [2.45, 2.75) is 50.9 Å². The van der Waals surface area contributed by atoms with E-state index in [9.17, 15) is 0 Å². The van der Waals surface area contributed by atoms with Crippen molar-refractivity contribution < 1.29 is 9.52 Å². The molecule has 3 rings (SSSR count). The average molecular weight is 250 g/mol. The maximum Gasteiger partial charge on any atom is 0.129 e. The van der Waals surface area contributed by atoms with Gasteiger partial charge in [0.1, 0.15) is 18.1 Å². The van der Waals surface area contributed by atoms with Gasteiger partial charge in [0, 0.05) is 18.6 Å². The lowest BCUT2D eigenvalue weighted by atomic mass is 9.99. The van der Waals surface area contributed by atoms with Crippen molar-refractivity contribution in [2.75, 3.05) is 13.1 Å². The second-order valence-corrected chi connectivity index (χ2v) is 5.40. The van der Waals surface area contributed by atoms with E-state index in [1.165, 1.54) is 38.8 Å². The van der Waals surface area contributed by atoms with E-state index in [-0.39, 0.29) is 6.61 Å². The van der Waals surface area contributed by atoms with Crippen LogP contribution in [0, 0.1) is 0 Å². The quantitative estimate of drug-likeness (QED) is 0.850. The van der Waals surface area contributed by atoms with E-state index in [1.807, 2.05) is 12.1 Å². The molecule has 4 nitrogen and oxygen atoms in total. The summed E-state index contributed by atoms with van der Waals surface area (Å²) in [5, 5.41) is 12.6. The number of hydrogen-bond acceptors (Lipinski definition) is 4.